The monoisotopic (exact) mass is 460 g/mol. The minimum absolute atomic E-state index is 0.0657. The zero-order valence-electron chi connectivity index (χ0n) is 17.9. The normalized spacial score (nSPS) is 19.1. The number of amides is 2. The number of nitrogens with one attached hydrogen (secondary N) is 1. The average molecular weight is 461 g/mol. The molecule has 2 amide bonds. The summed E-state index contributed by atoms with van der Waals surface area (Å²) in [5.74, 6) is -1.39. The van der Waals surface area contributed by atoms with Gasteiger partial charge in [-0.2, -0.15) is 0 Å². The second-order valence-electron chi connectivity index (χ2n) is 8.50. The fraction of sp³-hybridized carbons (Fsp3) is 0.391. The topological polar surface area (TPSA) is 92.8 Å². The van der Waals surface area contributed by atoms with Crippen LogP contribution in [0, 0.1) is 5.82 Å². The second kappa shape index (κ2) is 8.29. The number of fused-ring (bicyclic) bond motifs is 1. The lowest BCUT2D eigenvalue weighted by Gasteiger charge is -2.38. The lowest BCUT2D eigenvalue weighted by atomic mass is 9.74. The van der Waals surface area contributed by atoms with Crippen LogP contribution in [0.4, 0.5) is 4.39 Å². The minimum atomic E-state index is -4.00. The summed E-state index contributed by atoms with van der Waals surface area (Å²) in [5.41, 5.74) is 0.516. The maximum atomic E-state index is 13.9. The van der Waals surface area contributed by atoms with Gasteiger partial charge in [-0.15, -0.1) is 0 Å². The Bertz CT molecular complexity index is 1170. The van der Waals surface area contributed by atoms with E-state index in [2.05, 4.69) is 5.32 Å². The van der Waals surface area contributed by atoms with Crippen LogP contribution in [0.3, 0.4) is 0 Å². The van der Waals surface area contributed by atoms with E-state index in [9.17, 15) is 22.4 Å². The zero-order valence-corrected chi connectivity index (χ0v) is 18.7. The molecule has 0 aromatic heterocycles. The number of ether oxygens (including phenoxy) is 1. The lowest BCUT2D eigenvalue weighted by molar-refractivity contribution is 0.0486. The van der Waals surface area contributed by atoms with Gasteiger partial charge in [-0.25, -0.2) is 17.1 Å². The van der Waals surface area contributed by atoms with Gasteiger partial charge >= 0.3 is 0 Å². The van der Waals surface area contributed by atoms with Gasteiger partial charge in [-0.1, -0.05) is 12.1 Å². The Hall–Kier alpha value is -2.78. The molecule has 0 unspecified atom stereocenters. The molecule has 0 saturated carbocycles. The summed E-state index contributed by atoms with van der Waals surface area (Å²) in [7, 11) is -4.00. The van der Waals surface area contributed by atoms with Crippen molar-refractivity contribution in [3.63, 3.8) is 0 Å². The predicted molar refractivity (Wildman–Crippen MR) is 115 cm³/mol. The van der Waals surface area contributed by atoms with Crippen LogP contribution in [0.2, 0.25) is 0 Å². The second-order valence-corrected chi connectivity index (χ2v) is 10.3. The molecular weight excluding hydrogens is 435 g/mol. The molecule has 0 radical (unpaired) electrons. The Labute approximate surface area is 186 Å². The van der Waals surface area contributed by atoms with Crippen molar-refractivity contribution in [1.82, 2.24) is 9.62 Å². The molecule has 2 aliphatic rings. The third-order valence-corrected chi connectivity index (χ3v) is 8.15. The van der Waals surface area contributed by atoms with Crippen molar-refractivity contribution in [3.8, 4) is 0 Å². The highest BCUT2D eigenvalue weighted by atomic mass is 32.2. The quantitative estimate of drug-likeness (QED) is 0.741. The summed E-state index contributed by atoms with van der Waals surface area (Å²) < 4.78 is 45.8. The van der Waals surface area contributed by atoms with Crippen molar-refractivity contribution >= 4 is 21.8 Å². The molecule has 170 valence electrons. The number of rotatable bonds is 5. The summed E-state index contributed by atoms with van der Waals surface area (Å²) in [6.07, 6.45) is 1.24. The third kappa shape index (κ3) is 3.80. The number of sulfonamides is 1. The van der Waals surface area contributed by atoms with Crippen LogP contribution < -0.4 is 5.32 Å². The van der Waals surface area contributed by atoms with E-state index >= 15 is 0 Å². The maximum Gasteiger partial charge on any atom is 0.269 e. The molecule has 2 aromatic rings. The van der Waals surface area contributed by atoms with Gasteiger partial charge in [0.25, 0.3) is 21.8 Å². The van der Waals surface area contributed by atoms with Gasteiger partial charge in [0.15, 0.2) is 0 Å². The van der Waals surface area contributed by atoms with Crippen molar-refractivity contribution in [2.24, 2.45) is 0 Å². The Morgan fingerprint density at radius 2 is 1.91 bits per heavy atom. The molecule has 7 nitrogen and oxygen atoms in total. The van der Waals surface area contributed by atoms with E-state index in [-0.39, 0.29) is 28.4 Å². The van der Waals surface area contributed by atoms with E-state index in [1.807, 2.05) is 6.07 Å². The molecule has 0 spiro atoms. The summed E-state index contributed by atoms with van der Waals surface area (Å²) in [6.45, 7) is 4.48. The Morgan fingerprint density at radius 3 is 2.56 bits per heavy atom. The molecule has 2 aromatic carbocycles. The Balaban J connectivity index is 1.59. The number of halogens is 1. The van der Waals surface area contributed by atoms with Crippen LogP contribution in [0.25, 0.3) is 0 Å². The first kappa shape index (κ1) is 22.4. The molecule has 9 heteroatoms. The molecule has 2 aliphatic heterocycles. The standard InChI is InChI=1S/C23H25FN2O5S/c1-15(2)26-22(28)19-7-6-16(12-20(19)32(26,29)30)21(27)25-14-23(8-10-31-11-9-23)17-4-3-5-18(24)13-17/h3-7,12-13,15H,8-11,14H2,1-2H3,(H,25,27). The molecule has 0 atom stereocenters. The van der Waals surface area contributed by atoms with Crippen LogP contribution >= 0.6 is 0 Å². The highest BCUT2D eigenvalue weighted by Gasteiger charge is 2.43. The van der Waals surface area contributed by atoms with E-state index in [4.69, 9.17) is 4.74 Å². The fourth-order valence-electron chi connectivity index (χ4n) is 4.40. The molecule has 0 aliphatic carbocycles. The van der Waals surface area contributed by atoms with Crippen molar-refractivity contribution in [2.75, 3.05) is 19.8 Å². The lowest BCUT2D eigenvalue weighted by Crippen LogP contribution is -2.44. The molecule has 32 heavy (non-hydrogen) atoms. The molecule has 1 N–H and O–H groups in total. The first-order valence-electron chi connectivity index (χ1n) is 10.5. The minimum Gasteiger partial charge on any atom is -0.381 e. The Morgan fingerprint density at radius 1 is 1.19 bits per heavy atom. The van der Waals surface area contributed by atoms with Gasteiger partial charge in [-0.3, -0.25) is 9.59 Å². The van der Waals surface area contributed by atoms with Crippen LogP contribution in [-0.4, -0.2) is 50.3 Å². The first-order valence-corrected chi connectivity index (χ1v) is 11.9. The third-order valence-electron chi connectivity index (χ3n) is 6.15. The van der Waals surface area contributed by atoms with Gasteiger partial charge in [0, 0.05) is 36.8 Å². The van der Waals surface area contributed by atoms with Gasteiger partial charge < -0.3 is 10.1 Å². The predicted octanol–water partition coefficient (Wildman–Crippen LogP) is 2.86. The van der Waals surface area contributed by atoms with E-state index in [1.165, 1.54) is 30.3 Å². The van der Waals surface area contributed by atoms with Crippen molar-refractivity contribution in [2.45, 2.75) is 43.0 Å². The SMILES string of the molecule is CC(C)N1C(=O)c2ccc(C(=O)NCC3(c4cccc(F)c4)CCOCC3)cc2S1(=O)=O. The fourth-order valence-corrected chi connectivity index (χ4v) is 6.19. The number of nitrogens with zero attached hydrogens (tertiary/aromatic N) is 1. The molecular formula is C23H25FN2O5S. The van der Waals surface area contributed by atoms with E-state index < -0.39 is 33.3 Å². The van der Waals surface area contributed by atoms with E-state index in [0.717, 1.165) is 9.87 Å². The number of hydrogen-bond donors (Lipinski definition) is 1. The van der Waals surface area contributed by atoms with Crippen molar-refractivity contribution in [1.29, 1.82) is 0 Å². The maximum absolute atomic E-state index is 13.9. The zero-order chi connectivity index (χ0) is 23.1. The average Bonchev–Trinajstić information content (AvgIpc) is 2.97. The highest BCUT2D eigenvalue weighted by Crippen LogP contribution is 2.35. The number of benzene rings is 2. The number of hydrogen-bond acceptors (Lipinski definition) is 5. The van der Waals surface area contributed by atoms with Crippen LogP contribution in [0.5, 0.6) is 0 Å². The van der Waals surface area contributed by atoms with Crippen LogP contribution in [0.1, 0.15) is 53.0 Å². The summed E-state index contributed by atoms with van der Waals surface area (Å²) in [5, 5.41) is 2.88. The van der Waals surface area contributed by atoms with Crippen molar-refractivity contribution < 1.29 is 27.1 Å². The molecule has 0 bridgehead atoms. The van der Waals surface area contributed by atoms with Gasteiger partial charge in [-0.05, 0) is 62.6 Å². The molecule has 2 heterocycles. The Kier molecular flexibility index (Phi) is 5.81. The van der Waals surface area contributed by atoms with Gasteiger partial charge in [0.1, 0.15) is 10.7 Å². The summed E-state index contributed by atoms with van der Waals surface area (Å²) in [6, 6.07) is 9.89. The number of carbonyl (C=O) groups excluding carboxylic acids is 2. The largest absolute Gasteiger partial charge is 0.381 e. The smallest absolute Gasteiger partial charge is 0.269 e. The van der Waals surface area contributed by atoms with Gasteiger partial charge in [0.05, 0.1) is 5.56 Å². The molecule has 1 fully saturated rings. The summed E-state index contributed by atoms with van der Waals surface area (Å²) >= 11 is 0. The molecule has 4 rings (SSSR count). The first-order chi connectivity index (χ1) is 15.2. The van der Waals surface area contributed by atoms with Crippen molar-refractivity contribution in [3.05, 3.63) is 65.0 Å². The van der Waals surface area contributed by atoms with E-state index in [1.54, 1.807) is 19.9 Å². The van der Waals surface area contributed by atoms with E-state index in [0.29, 0.717) is 26.1 Å². The van der Waals surface area contributed by atoms with Crippen LogP contribution in [0.15, 0.2) is 47.4 Å². The highest BCUT2D eigenvalue weighted by molar-refractivity contribution is 7.90. The van der Waals surface area contributed by atoms with Crippen LogP contribution in [-0.2, 0) is 20.2 Å². The molecule has 1 saturated heterocycles. The number of carbonyl (C=O) groups is 2. The van der Waals surface area contributed by atoms with Gasteiger partial charge in [0.2, 0.25) is 0 Å². The summed E-state index contributed by atoms with van der Waals surface area (Å²) in [4.78, 5) is 25.3.